The van der Waals surface area contributed by atoms with E-state index >= 15 is 0 Å². The third-order valence-corrected chi connectivity index (χ3v) is 4.68. The molecule has 6 nitrogen and oxygen atoms in total. The van der Waals surface area contributed by atoms with Crippen molar-refractivity contribution in [3.63, 3.8) is 0 Å². The Labute approximate surface area is 142 Å². The van der Waals surface area contributed by atoms with Crippen LogP contribution < -0.4 is 21.1 Å². The van der Waals surface area contributed by atoms with Gasteiger partial charge in [-0.05, 0) is 25.0 Å². The number of hydrogen-bond acceptors (Lipinski definition) is 5. The molecular formula is C16H18F3N5O. The monoisotopic (exact) mass is 353 g/mol. The summed E-state index contributed by atoms with van der Waals surface area (Å²) >= 11 is 0. The summed E-state index contributed by atoms with van der Waals surface area (Å²) in [6.07, 6.45) is -1.77. The lowest BCUT2D eigenvalue weighted by Crippen LogP contribution is -2.66. The Morgan fingerprint density at radius 3 is 2.56 bits per heavy atom. The number of amides is 1. The fourth-order valence-electron chi connectivity index (χ4n) is 3.44. The molecule has 3 N–H and O–H groups in total. The van der Waals surface area contributed by atoms with Crippen LogP contribution in [0.15, 0.2) is 36.0 Å². The van der Waals surface area contributed by atoms with E-state index in [-0.39, 0.29) is 17.9 Å². The van der Waals surface area contributed by atoms with E-state index in [9.17, 15) is 18.0 Å². The lowest BCUT2D eigenvalue weighted by Gasteiger charge is -2.36. The molecule has 25 heavy (non-hydrogen) atoms. The molecule has 0 saturated carbocycles. The Balaban J connectivity index is 1.58. The number of nitrogens with one attached hydrogen (secondary N) is 3. The molecule has 0 radical (unpaired) electrons. The van der Waals surface area contributed by atoms with E-state index in [1.807, 2.05) is 0 Å². The Morgan fingerprint density at radius 1 is 1.12 bits per heavy atom. The van der Waals surface area contributed by atoms with Gasteiger partial charge < -0.3 is 5.32 Å². The van der Waals surface area contributed by atoms with Crippen molar-refractivity contribution in [3.8, 4) is 0 Å². The van der Waals surface area contributed by atoms with Crippen molar-refractivity contribution in [2.45, 2.75) is 31.5 Å². The van der Waals surface area contributed by atoms with Crippen molar-refractivity contribution in [2.75, 3.05) is 18.1 Å². The van der Waals surface area contributed by atoms with E-state index in [1.165, 1.54) is 29.4 Å². The molecule has 4 rings (SSSR count). The Hall–Kier alpha value is -2.10. The second-order valence-electron chi connectivity index (χ2n) is 6.32. The van der Waals surface area contributed by atoms with Gasteiger partial charge in [-0.3, -0.25) is 20.0 Å². The first-order valence-electron chi connectivity index (χ1n) is 8.18. The largest absolute Gasteiger partial charge is 0.418 e. The molecule has 1 aromatic carbocycles. The fraction of sp³-hybridized carbons (Fsp3) is 0.438. The zero-order valence-electron chi connectivity index (χ0n) is 13.3. The molecule has 0 spiro atoms. The first-order chi connectivity index (χ1) is 11.9. The number of carbonyl (C=O) groups is 1. The van der Waals surface area contributed by atoms with Crippen LogP contribution in [0.2, 0.25) is 0 Å². The first-order valence-corrected chi connectivity index (χ1v) is 8.18. The molecule has 0 bridgehead atoms. The first kappa shape index (κ1) is 16.4. The standard InChI is InChI=1S/C16H18F3N5O/c17-16(18,19)11-5-1-2-6-12(11)24-9-10-13(22-24)20-15(21-14(10)25)23-7-3-4-8-23/h1-2,5-6,9,13,15,20,22H,3-4,7-8H2,(H,21,25). The van der Waals surface area contributed by atoms with Crippen molar-refractivity contribution in [3.05, 3.63) is 41.6 Å². The number of hydrogen-bond donors (Lipinski definition) is 3. The zero-order valence-corrected chi connectivity index (χ0v) is 13.3. The molecule has 2 atom stereocenters. The number of fused-ring (bicyclic) bond motifs is 1. The Bertz CT molecular complexity index is 714. The summed E-state index contributed by atoms with van der Waals surface area (Å²) in [5, 5.41) is 7.37. The number of anilines is 1. The minimum Gasteiger partial charge on any atom is -0.324 e. The predicted molar refractivity (Wildman–Crippen MR) is 84.8 cm³/mol. The average molecular weight is 353 g/mol. The maximum absolute atomic E-state index is 13.2. The van der Waals surface area contributed by atoms with E-state index < -0.39 is 17.9 Å². The van der Waals surface area contributed by atoms with Crippen LogP contribution in [0.25, 0.3) is 0 Å². The number of alkyl halides is 3. The lowest BCUT2D eigenvalue weighted by molar-refractivity contribution is -0.137. The molecule has 1 amide bonds. The maximum atomic E-state index is 13.2. The number of hydrazine groups is 1. The maximum Gasteiger partial charge on any atom is 0.418 e. The number of likely N-dealkylation sites (tertiary alicyclic amines) is 1. The quantitative estimate of drug-likeness (QED) is 0.749. The van der Waals surface area contributed by atoms with Crippen LogP contribution in [0, 0.1) is 0 Å². The number of halogens is 3. The van der Waals surface area contributed by atoms with Crippen LogP contribution >= 0.6 is 0 Å². The van der Waals surface area contributed by atoms with E-state index in [1.54, 1.807) is 0 Å². The average Bonchev–Trinajstić information content (AvgIpc) is 3.23. The number of nitrogens with zero attached hydrogens (tertiary/aromatic N) is 2. The highest BCUT2D eigenvalue weighted by Crippen LogP contribution is 2.37. The van der Waals surface area contributed by atoms with E-state index in [0.29, 0.717) is 5.57 Å². The molecule has 3 aliphatic rings. The van der Waals surface area contributed by atoms with Crippen molar-refractivity contribution >= 4 is 11.6 Å². The SMILES string of the molecule is O=C1NC(N2CCCC2)NC2NN(c3ccccc3C(F)(F)F)C=C12. The van der Waals surface area contributed by atoms with Crippen LogP contribution in [-0.2, 0) is 11.0 Å². The van der Waals surface area contributed by atoms with Gasteiger partial charge in [0, 0.05) is 19.3 Å². The van der Waals surface area contributed by atoms with E-state index in [0.717, 1.165) is 32.0 Å². The van der Waals surface area contributed by atoms with E-state index in [4.69, 9.17) is 0 Å². The van der Waals surface area contributed by atoms with Crippen LogP contribution in [0.3, 0.4) is 0 Å². The van der Waals surface area contributed by atoms with Crippen LogP contribution in [0.5, 0.6) is 0 Å². The second kappa shape index (κ2) is 6.01. The Kier molecular flexibility index (Phi) is 3.94. The van der Waals surface area contributed by atoms with Gasteiger partial charge in [-0.2, -0.15) is 13.2 Å². The number of para-hydroxylation sites is 1. The summed E-state index contributed by atoms with van der Waals surface area (Å²) in [4.78, 5) is 14.5. The summed E-state index contributed by atoms with van der Waals surface area (Å²) in [5.74, 6) is -0.278. The molecule has 3 heterocycles. The molecule has 2 saturated heterocycles. The summed E-state index contributed by atoms with van der Waals surface area (Å²) < 4.78 is 39.7. The lowest BCUT2D eigenvalue weighted by atomic mass is 10.1. The summed E-state index contributed by atoms with van der Waals surface area (Å²) in [5.41, 5.74) is 2.52. The summed E-state index contributed by atoms with van der Waals surface area (Å²) in [6, 6.07) is 5.28. The number of carbonyl (C=O) groups excluding carboxylic acids is 1. The van der Waals surface area contributed by atoms with Crippen molar-refractivity contribution in [2.24, 2.45) is 0 Å². The van der Waals surface area contributed by atoms with Gasteiger partial charge in [0.05, 0.1) is 16.8 Å². The number of rotatable bonds is 2. The molecule has 1 aromatic rings. The van der Waals surface area contributed by atoms with Crippen LogP contribution in [0.1, 0.15) is 18.4 Å². The molecule has 134 valence electrons. The second-order valence-corrected chi connectivity index (χ2v) is 6.32. The van der Waals surface area contributed by atoms with Gasteiger partial charge in [0.1, 0.15) is 12.5 Å². The van der Waals surface area contributed by atoms with Crippen molar-refractivity contribution < 1.29 is 18.0 Å². The minimum absolute atomic E-state index is 0.0378. The highest BCUT2D eigenvalue weighted by Gasteiger charge is 2.41. The van der Waals surface area contributed by atoms with Crippen LogP contribution in [-0.4, -0.2) is 36.4 Å². The smallest absolute Gasteiger partial charge is 0.324 e. The molecule has 0 aliphatic carbocycles. The minimum atomic E-state index is -4.47. The third kappa shape index (κ3) is 2.99. The van der Waals surface area contributed by atoms with Crippen molar-refractivity contribution in [1.29, 1.82) is 0 Å². The van der Waals surface area contributed by atoms with Gasteiger partial charge in [-0.15, -0.1) is 0 Å². The van der Waals surface area contributed by atoms with Gasteiger partial charge in [-0.25, -0.2) is 5.43 Å². The molecule has 3 aliphatic heterocycles. The van der Waals surface area contributed by atoms with Gasteiger partial charge in [0.2, 0.25) is 0 Å². The van der Waals surface area contributed by atoms with Gasteiger partial charge in [0.15, 0.2) is 0 Å². The fourth-order valence-corrected chi connectivity index (χ4v) is 3.44. The molecule has 9 heteroatoms. The normalized spacial score (nSPS) is 27.2. The highest BCUT2D eigenvalue weighted by atomic mass is 19.4. The summed E-state index contributed by atoms with van der Waals surface area (Å²) in [7, 11) is 0. The van der Waals surface area contributed by atoms with Gasteiger partial charge in [0.25, 0.3) is 5.91 Å². The van der Waals surface area contributed by atoms with Gasteiger partial charge in [-0.1, -0.05) is 12.1 Å². The van der Waals surface area contributed by atoms with E-state index in [2.05, 4.69) is 21.0 Å². The highest BCUT2D eigenvalue weighted by molar-refractivity contribution is 5.96. The molecule has 0 aromatic heterocycles. The Morgan fingerprint density at radius 2 is 1.84 bits per heavy atom. The van der Waals surface area contributed by atoms with Gasteiger partial charge >= 0.3 is 6.18 Å². The van der Waals surface area contributed by atoms with Crippen molar-refractivity contribution in [1.82, 2.24) is 21.0 Å². The molecular weight excluding hydrogens is 335 g/mol. The predicted octanol–water partition coefficient (Wildman–Crippen LogP) is 1.34. The summed E-state index contributed by atoms with van der Waals surface area (Å²) in [6.45, 7) is 1.76. The number of benzene rings is 1. The zero-order chi connectivity index (χ0) is 17.6. The molecule has 2 fully saturated rings. The third-order valence-electron chi connectivity index (χ3n) is 4.68. The topological polar surface area (TPSA) is 59.6 Å². The van der Waals surface area contributed by atoms with Crippen LogP contribution in [0.4, 0.5) is 18.9 Å². The molecule has 2 unspecified atom stereocenters.